The fourth-order valence-electron chi connectivity index (χ4n) is 0.449. The predicted octanol–water partition coefficient (Wildman–Crippen LogP) is 2.10. The number of carboxylic acid groups (broad SMARTS) is 1. The van der Waals surface area contributed by atoms with Gasteiger partial charge in [0, 0.05) is 0 Å². The number of aliphatic carboxylic acids is 1. The molecule has 0 fully saturated rings. The van der Waals surface area contributed by atoms with Gasteiger partial charge >= 0.3 is 18.3 Å². The van der Waals surface area contributed by atoms with Crippen LogP contribution in [-0.4, -0.2) is 30.0 Å². The number of hydrogen-bond acceptors (Lipinski definition) is 2. The van der Waals surface area contributed by atoms with E-state index in [2.05, 4.69) is 4.74 Å². The minimum absolute atomic E-state index is 1.31. The fourth-order valence-corrected chi connectivity index (χ4v) is 0.449. The summed E-state index contributed by atoms with van der Waals surface area (Å²) >= 11 is 0. The van der Waals surface area contributed by atoms with E-state index < -0.39 is 36.8 Å². The molecule has 1 N–H and O–H groups in total. The number of rotatable bonds is 4. The first kappa shape index (κ1) is 13.8. The lowest BCUT2D eigenvalue weighted by molar-refractivity contribution is -0.225. The zero-order valence-electron chi connectivity index (χ0n) is 6.82. The summed E-state index contributed by atoms with van der Waals surface area (Å²) in [4.78, 5) is 9.73. The van der Waals surface area contributed by atoms with Crippen molar-refractivity contribution in [1.29, 1.82) is 0 Å². The first-order valence-electron chi connectivity index (χ1n) is 3.24. The van der Waals surface area contributed by atoms with Crippen LogP contribution < -0.4 is 0 Å². The summed E-state index contributed by atoms with van der Waals surface area (Å²) in [5.74, 6) is -4.77. The summed E-state index contributed by atoms with van der Waals surface area (Å²) in [6, 6.07) is 0. The van der Waals surface area contributed by atoms with Crippen molar-refractivity contribution in [2.45, 2.75) is 12.3 Å². The molecule has 0 aromatic heterocycles. The van der Waals surface area contributed by atoms with Crippen molar-refractivity contribution in [3.8, 4) is 0 Å². The van der Waals surface area contributed by atoms with Gasteiger partial charge < -0.3 is 9.84 Å². The highest BCUT2D eigenvalue weighted by molar-refractivity contribution is 5.68. The topological polar surface area (TPSA) is 46.5 Å². The molecule has 0 atom stereocenters. The smallest absolute Gasteiger partial charge is 0.412 e. The molecule has 0 aromatic rings. The third-order valence-corrected chi connectivity index (χ3v) is 0.945. The molecule has 15 heavy (non-hydrogen) atoms. The maximum absolute atomic E-state index is 12.3. The second-order valence-electron chi connectivity index (χ2n) is 2.23. The van der Waals surface area contributed by atoms with Gasteiger partial charge in [0.15, 0.2) is 6.61 Å². The number of ether oxygens (including phenoxy) is 1. The van der Waals surface area contributed by atoms with Crippen LogP contribution in [0, 0.1) is 0 Å². The average Bonchev–Trinajstić information content (AvgIpc) is 1.97. The number of allylic oxidation sites excluding steroid dienone is 1. The van der Waals surface area contributed by atoms with Crippen molar-refractivity contribution < 1.29 is 41.0 Å². The lowest BCUT2D eigenvalue weighted by Crippen LogP contribution is -2.26. The van der Waals surface area contributed by atoms with Crippen LogP contribution in [-0.2, 0) is 9.53 Å². The molecule has 0 bridgehead atoms. The normalized spacial score (nSPS) is 14.1. The van der Waals surface area contributed by atoms with E-state index in [1.54, 1.807) is 0 Å². The average molecular weight is 238 g/mol. The summed E-state index contributed by atoms with van der Waals surface area (Å²) in [6.07, 6.45) is -11.5. The highest BCUT2D eigenvalue weighted by Gasteiger charge is 2.41. The molecule has 0 aliphatic carbocycles. The first-order valence-corrected chi connectivity index (χ1v) is 3.24. The SMILES string of the molecule is O=C(O)COC(F)(F)/C(F)=C/C(F)(F)F. The molecule has 0 saturated carbocycles. The van der Waals surface area contributed by atoms with Crippen LogP contribution in [0.4, 0.5) is 26.3 Å². The van der Waals surface area contributed by atoms with E-state index in [0.717, 1.165) is 0 Å². The molecule has 88 valence electrons. The third kappa shape index (κ3) is 5.94. The standard InChI is InChI=1S/C6H4F6O3/c7-3(1-5(8,9)10)6(11,12)15-2-4(13)14/h1H,2H2,(H,13,14)/b3-1-. The molecule has 3 nitrogen and oxygen atoms in total. The zero-order chi connectivity index (χ0) is 12.3. The van der Waals surface area contributed by atoms with Gasteiger partial charge in [-0.2, -0.15) is 22.0 Å². The molecule has 0 radical (unpaired) electrons. The van der Waals surface area contributed by atoms with E-state index in [1.807, 2.05) is 0 Å². The van der Waals surface area contributed by atoms with Gasteiger partial charge in [-0.25, -0.2) is 9.18 Å². The van der Waals surface area contributed by atoms with Gasteiger partial charge in [0.05, 0.1) is 6.08 Å². The van der Waals surface area contributed by atoms with Gasteiger partial charge in [0.1, 0.15) is 0 Å². The van der Waals surface area contributed by atoms with Gasteiger partial charge in [-0.1, -0.05) is 0 Å². The number of carbonyl (C=O) groups is 1. The summed E-state index contributed by atoms with van der Waals surface area (Å²) in [7, 11) is 0. The van der Waals surface area contributed by atoms with Crippen LogP contribution in [0.2, 0.25) is 0 Å². The Bertz CT molecular complexity index is 269. The van der Waals surface area contributed by atoms with Crippen molar-refractivity contribution >= 4 is 5.97 Å². The molecule has 0 saturated heterocycles. The molecule has 0 aromatic carbocycles. The Kier molecular flexibility index (Phi) is 4.14. The molecular weight excluding hydrogens is 234 g/mol. The Morgan fingerprint density at radius 1 is 1.27 bits per heavy atom. The number of carboxylic acids is 1. The minimum Gasteiger partial charge on any atom is -0.480 e. The summed E-state index contributed by atoms with van der Waals surface area (Å²) in [6.45, 7) is -1.62. The van der Waals surface area contributed by atoms with E-state index >= 15 is 0 Å². The van der Waals surface area contributed by atoms with Gasteiger partial charge in [-0.3, -0.25) is 0 Å². The molecule has 0 heterocycles. The van der Waals surface area contributed by atoms with Gasteiger partial charge in [0.25, 0.3) is 0 Å². The van der Waals surface area contributed by atoms with E-state index in [4.69, 9.17) is 5.11 Å². The second-order valence-corrected chi connectivity index (χ2v) is 2.23. The second kappa shape index (κ2) is 4.51. The molecule has 0 aliphatic rings. The van der Waals surface area contributed by atoms with Crippen molar-refractivity contribution in [1.82, 2.24) is 0 Å². The monoisotopic (exact) mass is 238 g/mol. The number of alkyl halides is 5. The van der Waals surface area contributed by atoms with Gasteiger partial charge in [-0.15, -0.1) is 0 Å². The Morgan fingerprint density at radius 3 is 2.07 bits per heavy atom. The number of halogens is 6. The minimum atomic E-state index is -5.28. The van der Waals surface area contributed by atoms with Crippen LogP contribution in [0.15, 0.2) is 11.9 Å². The van der Waals surface area contributed by atoms with Crippen LogP contribution >= 0.6 is 0 Å². The first-order chi connectivity index (χ1) is 6.54. The highest BCUT2D eigenvalue weighted by Crippen LogP contribution is 2.30. The molecule has 0 rings (SSSR count). The summed E-state index contributed by atoms with van der Waals surface area (Å²) < 4.78 is 74.1. The Balaban J connectivity index is 4.58. The van der Waals surface area contributed by atoms with Crippen molar-refractivity contribution in [2.75, 3.05) is 6.61 Å². The van der Waals surface area contributed by atoms with Crippen molar-refractivity contribution in [2.24, 2.45) is 0 Å². The van der Waals surface area contributed by atoms with Crippen molar-refractivity contribution in [3.63, 3.8) is 0 Å². The maximum atomic E-state index is 12.3. The molecule has 9 heteroatoms. The van der Waals surface area contributed by atoms with Crippen LogP contribution in [0.3, 0.4) is 0 Å². The summed E-state index contributed by atoms with van der Waals surface area (Å²) in [5.41, 5.74) is 0. The van der Waals surface area contributed by atoms with Gasteiger partial charge in [0.2, 0.25) is 5.83 Å². The van der Waals surface area contributed by atoms with E-state index in [0.29, 0.717) is 0 Å². The predicted molar refractivity (Wildman–Crippen MR) is 33.8 cm³/mol. The lowest BCUT2D eigenvalue weighted by Gasteiger charge is -2.13. The largest absolute Gasteiger partial charge is 0.480 e. The van der Waals surface area contributed by atoms with Crippen LogP contribution in [0.1, 0.15) is 0 Å². The fraction of sp³-hybridized carbons (Fsp3) is 0.500. The zero-order valence-corrected chi connectivity index (χ0v) is 6.82. The van der Waals surface area contributed by atoms with E-state index in [-0.39, 0.29) is 0 Å². The van der Waals surface area contributed by atoms with Crippen LogP contribution in [0.25, 0.3) is 0 Å². The summed E-state index contributed by atoms with van der Waals surface area (Å²) in [5, 5.41) is 7.87. The molecule has 0 spiro atoms. The maximum Gasteiger partial charge on any atom is 0.412 e. The molecule has 0 aliphatic heterocycles. The highest BCUT2D eigenvalue weighted by atomic mass is 19.4. The lowest BCUT2D eigenvalue weighted by atomic mass is 10.4. The number of hydrogen-bond donors (Lipinski definition) is 1. The third-order valence-electron chi connectivity index (χ3n) is 0.945. The van der Waals surface area contributed by atoms with Crippen LogP contribution in [0.5, 0.6) is 0 Å². The Labute approximate surface area is 78.9 Å². The quantitative estimate of drug-likeness (QED) is 0.763. The molecule has 0 amide bonds. The molecular formula is C6H4F6O3. The molecule has 0 unspecified atom stereocenters. The van der Waals surface area contributed by atoms with Gasteiger partial charge in [-0.05, 0) is 0 Å². The van der Waals surface area contributed by atoms with E-state index in [1.165, 1.54) is 0 Å². The Morgan fingerprint density at radius 2 is 1.73 bits per heavy atom. The van der Waals surface area contributed by atoms with E-state index in [9.17, 15) is 31.1 Å². The van der Waals surface area contributed by atoms with Crippen molar-refractivity contribution in [3.05, 3.63) is 11.9 Å². The Hall–Kier alpha value is -1.25.